The Hall–Kier alpha value is -1.26. The molecule has 0 atom stereocenters. The number of unbranched alkanes of at least 4 members (excludes halogenated alkanes) is 1. The van der Waals surface area contributed by atoms with E-state index in [1.807, 2.05) is 7.05 Å². The predicted octanol–water partition coefficient (Wildman–Crippen LogP) is 0.820. The molecule has 5 heteroatoms. The number of hydrogen-bond donors (Lipinski definition) is 2. The highest BCUT2D eigenvalue weighted by Gasteiger charge is 2.28. The molecule has 104 valence electrons. The van der Waals surface area contributed by atoms with Gasteiger partial charge in [-0.3, -0.25) is 9.79 Å². The van der Waals surface area contributed by atoms with Gasteiger partial charge in [-0.2, -0.15) is 0 Å². The molecule has 1 aliphatic rings. The minimum atomic E-state index is 0.200. The number of rotatable bonds is 7. The van der Waals surface area contributed by atoms with E-state index in [2.05, 4.69) is 27.4 Å². The number of nitrogens with one attached hydrogen (secondary N) is 2. The Kier molecular flexibility index (Phi) is 6.54. The maximum atomic E-state index is 11.4. The molecule has 1 aliphatic carbocycles. The first-order valence-electron chi connectivity index (χ1n) is 6.88. The second-order valence-electron chi connectivity index (χ2n) is 4.81. The molecule has 0 aromatic rings. The quantitative estimate of drug-likeness (QED) is 0.402. The summed E-state index contributed by atoms with van der Waals surface area (Å²) < 4.78 is 0. The van der Waals surface area contributed by atoms with Crippen LogP contribution in [0.1, 0.15) is 32.6 Å². The van der Waals surface area contributed by atoms with Crippen molar-refractivity contribution in [3.63, 3.8) is 0 Å². The smallest absolute Gasteiger partial charge is 0.223 e. The fourth-order valence-corrected chi connectivity index (χ4v) is 1.74. The monoisotopic (exact) mass is 254 g/mol. The zero-order chi connectivity index (χ0) is 13.4. The molecule has 0 bridgehead atoms. The van der Waals surface area contributed by atoms with E-state index in [1.165, 1.54) is 6.42 Å². The fourth-order valence-electron chi connectivity index (χ4n) is 1.74. The van der Waals surface area contributed by atoms with Crippen molar-refractivity contribution in [2.45, 2.75) is 32.6 Å². The summed E-state index contributed by atoms with van der Waals surface area (Å²) in [5.41, 5.74) is 0. The summed E-state index contributed by atoms with van der Waals surface area (Å²) in [6.45, 7) is 4.57. The van der Waals surface area contributed by atoms with Crippen molar-refractivity contribution in [3.05, 3.63) is 0 Å². The minimum absolute atomic E-state index is 0.200. The highest BCUT2D eigenvalue weighted by Crippen LogP contribution is 2.28. The molecular weight excluding hydrogens is 228 g/mol. The molecule has 1 amide bonds. The highest BCUT2D eigenvalue weighted by atomic mass is 16.2. The van der Waals surface area contributed by atoms with Crippen LogP contribution in [0.4, 0.5) is 0 Å². The Balaban J connectivity index is 2.12. The second-order valence-corrected chi connectivity index (χ2v) is 4.81. The minimum Gasteiger partial charge on any atom is -0.354 e. The van der Waals surface area contributed by atoms with Gasteiger partial charge in [0.15, 0.2) is 5.96 Å². The van der Waals surface area contributed by atoms with E-state index in [1.54, 1.807) is 7.05 Å². The molecule has 0 heterocycles. The van der Waals surface area contributed by atoms with Crippen molar-refractivity contribution in [1.29, 1.82) is 0 Å². The van der Waals surface area contributed by atoms with Crippen molar-refractivity contribution in [3.8, 4) is 0 Å². The number of guanidine groups is 1. The number of amides is 1. The van der Waals surface area contributed by atoms with Crippen LogP contribution in [0.15, 0.2) is 4.99 Å². The maximum Gasteiger partial charge on any atom is 0.223 e. The van der Waals surface area contributed by atoms with Crippen molar-refractivity contribution in [2.75, 3.05) is 33.7 Å². The fraction of sp³-hybridized carbons (Fsp3) is 0.846. The lowest BCUT2D eigenvalue weighted by atomic mass is 10.3. The molecule has 0 unspecified atom stereocenters. The van der Waals surface area contributed by atoms with Crippen molar-refractivity contribution >= 4 is 11.9 Å². The van der Waals surface area contributed by atoms with Crippen molar-refractivity contribution in [2.24, 2.45) is 10.9 Å². The van der Waals surface area contributed by atoms with E-state index in [0.717, 1.165) is 38.3 Å². The molecular formula is C13H26N4O. The number of nitrogens with zero attached hydrogens (tertiary/aromatic N) is 2. The normalized spacial score (nSPS) is 15.4. The van der Waals surface area contributed by atoms with E-state index >= 15 is 0 Å². The summed E-state index contributed by atoms with van der Waals surface area (Å²) in [7, 11) is 3.82. The Labute approximate surface area is 110 Å². The SMILES string of the molecule is CCCCN(C)C(=NC)NCCNC(=O)C1CC1. The average molecular weight is 254 g/mol. The van der Waals surface area contributed by atoms with Crippen LogP contribution in [0, 0.1) is 5.92 Å². The van der Waals surface area contributed by atoms with Gasteiger partial charge in [-0.25, -0.2) is 0 Å². The lowest BCUT2D eigenvalue weighted by molar-refractivity contribution is -0.122. The van der Waals surface area contributed by atoms with Crippen LogP contribution in [0.5, 0.6) is 0 Å². The van der Waals surface area contributed by atoms with Gasteiger partial charge in [-0.15, -0.1) is 0 Å². The van der Waals surface area contributed by atoms with Crippen LogP contribution in [0.25, 0.3) is 0 Å². The van der Waals surface area contributed by atoms with Gasteiger partial charge in [-0.1, -0.05) is 13.3 Å². The summed E-state index contributed by atoms with van der Waals surface area (Å²) >= 11 is 0. The number of hydrogen-bond acceptors (Lipinski definition) is 2. The molecule has 2 N–H and O–H groups in total. The highest BCUT2D eigenvalue weighted by molar-refractivity contribution is 5.81. The van der Waals surface area contributed by atoms with E-state index in [9.17, 15) is 4.79 Å². The maximum absolute atomic E-state index is 11.4. The molecule has 0 saturated heterocycles. The molecule has 0 aromatic heterocycles. The molecule has 1 fully saturated rings. The summed E-state index contributed by atoms with van der Waals surface area (Å²) in [5.74, 6) is 1.38. The van der Waals surface area contributed by atoms with E-state index in [0.29, 0.717) is 6.54 Å². The zero-order valence-electron chi connectivity index (χ0n) is 11.8. The van der Waals surface area contributed by atoms with Crippen molar-refractivity contribution < 1.29 is 4.79 Å². The molecule has 1 saturated carbocycles. The standard InChI is InChI=1S/C13H26N4O/c1-4-5-10-17(3)13(14-2)16-9-8-15-12(18)11-6-7-11/h11H,4-10H2,1-3H3,(H,14,16)(H,15,18). The topological polar surface area (TPSA) is 56.7 Å². The van der Waals surface area contributed by atoms with E-state index in [-0.39, 0.29) is 11.8 Å². The van der Waals surface area contributed by atoms with Gasteiger partial charge in [0.1, 0.15) is 0 Å². The largest absolute Gasteiger partial charge is 0.354 e. The first-order valence-corrected chi connectivity index (χ1v) is 6.88. The number of carbonyl (C=O) groups excluding carboxylic acids is 1. The molecule has 5 nitrogen and oxygen atoms in total. The molecule has 0 spiro atoms. The van der Waals surface area contributed by atoms with Crippen molar-refractivity contribution in [1.82, 2.24) is 15.5 Å². The van der Waals surface area contributed by atoms with Gasteiger partial charge < -0.3 is 15.5 Å². The Morgan fingerprint density at radius 2 is 2.00 bits per heavy atom. The average Bonchev–Trinajstić information content (AvgIpc) is 3.20. The van der Waals surface area contributed by atoms with Gasteiger partial charge >= 0.3 is 0 Å². The first kappa shape index (κ1) is 14.8. The third kappa shape index (κ3) is 5.38. The third-order valence-corrected chi connectivity index (χ3v) is 3.08. The molecule has 0 radical (unpaired) electrons. The number of carbonyl (C=O) groups is 1. The molecule has 0 aliphatic heterocycles. The molecule has 1 rings (SSSR count). The summed E-state index contributed by atoms with van der Waals surface area (Å²) in [6, 6.07) is 0. The van der Waals surface area contributed by atoms with Crippen LogP contribution in [0.3, 0.4) is 0 Å². The third-order valence-electron chi connectivity index (χ3n) is 3.08. The lowest BCUT2D eigenvalue weighted by Gasteiger charge is -2.21. The molecule has 0 aromatic carbocycles. The number of aliphatic imine (C=N–C) groups is 1. The van der Waals surface area contributed by atoms with Gasteiger partial charge in [0.25, 0.3) is 0 Å². The van der Waals surface area contributed by atoms with Crippen LogP contribution in [-0.2, 0) is 4.79 Å². The zero-order valence-corrected chi connectivity index (χ0v) is 11.8. The Morgan fingerprint density at radius 1 is 1.33 bits per heavy atom. The van der Waals surface area contributed by atoms with E-state index < -0.39 is 0 Å². The van der Waals surface area contributed by atoms with Gasteiger partial charge in [-0.05, 0) is 19.3 Å². The van der Waals surface area contributed by atoms with E-state index in [4.69, 9.17) is 0 Å². The summed E-state index contributed by atoms with van der Waals surface area (Å²) in [4.78, 5) is 17.8. The summed E-state index contributed by atoms with van der Waals surface area (Å²) in [6.07, 6.45) is 4.45. The van der Waals surface area contributed by atoms with Crippen LogP contribution in [-0.4, -0.2) is 50.5 Å². The van der Waals surface area contributed by atoms with Gasteiger partial charge in [0.05, 0.1) is 0 Å². The first-order chi connectivity index (χ1) is 8.69. The van der Waals surface area contributed by atoms with Crippen LogP contribution >= 0.6 is 0 Å². The Morgan fingerprint density at radius 3 is 2.56 bits per heavy atom. The second kappa shape index (κ2) is 7.95. The van der Waals surface area contributed by atoms with Crippen LogP contribution in [0.2, 0.25) is 0 Å². The van der Waals surface area contributed by atoms with Crippen LogP contribution < -0.4 is 10.6 Å². The summed E-state index contributed by atoms with van der Waals surface area (Å²) in [5, 5.41) is 6.19. The lowest BCUT2D eigenvalue weighted by Crippen LogP contribution is -2.43. The van der Waals surface area contributed by atoms with Gasteiger partial charge in [0, 0.05) is 39.6 Å². The van der Waals surface area contributed by atoms with Gasteiger partial charge in [0.2, 0.25) is 5.91 Å². The predicted molar refractivity (Wildman–Crippen MR) is 74.6 cm³/mol. The molecule has 18 heavy (non-hydrogen) atoms. The Bertz CT molecular complexity index is 287.